The lowest BCUT2D eigenvalue weighted by molar-refractivity contribution is 0.287. The molecule has 0 radical (unpaired) electrons. The lowest BCUT2D eigenvalue weighted by atomic mass is 10.2. The lowest BCUT2D eigenvalue weighted by Crippen LogP contribution is -2.22. The van der Waals surface area contributed by atoms with Gasteiger partial charge >= 0.3 is 0 Å². The second-order valence-electron chi connectivity index (χ2n) is 4.65. The Morgan fingerprint density at radius 1 is 1.32 bits per heavy atom. The summed E-state index contributed by atoms with van der Waals surface area (Å²) in [5.74, 6) is 0.927. The van der Waals surface area contributed by atoms with Crippen LogP contribution in [0.1, 0.15) is 19.4 Å². The van der Waals surface area contributed by atoms with Crippen molar-refractivity contribution in [2.45, 2.75) is 33.0 Å². The first-order chi connectivity index (χ1) is 9.25. The van der Waals surface area contributed by atoms with Crippen molar-refractivity contribution in [2.75, 3.05) is 6.61 Å². The molecule has 0 saturated heterocycles. The van der Waals surface area contributed by atoms with E-state index in [1.165, 1.54) is 11.9 Å². The summed E-state index contributed by atoms with van der Waals surface area (Å²) in [6, 6.07) is 8.56. The minimum absolute atomic E-state index is 0.461. The molecule has 0 amide bonds. The molecule has 5 heteroatoms. The Morgan fingerprint density at radius 3 is 2.89 bits per heavy atom. The molecule has 19 heavy (non-hydrogen) atoms. The number of para-hydroxylation sites is 1. The van der Waals surface area contributed by atoms with Crippen LogP contribution in [0.15, 0.2) is 36.9 Å². The summed E-state index contributed by atoms with van der Waals surface area (Å²) >= 11 is 0. The van der Waals surface area contributed by atoms with Crippen molar-refractivity contribution in [1.82, 2.24) is 20.1 Å². The van der Waals surface area contributed by atoms with E-state index in [-0.39, 0.29) is 0 Å². The van der Waals surface area contributed by atoms with Gasteiger partial charge in [0.2, 0.25) is 0 Å². The fraction of sp³-hybridized carbons (Fsp3) is 0.429. The van der Waals surface area contributed by atoms with E-state index in [0.717, 1.165) is 12.3 Å². The van der Waals surface area contributed by atoms with Crippen LogP contribution in [0, 0.1) is 0 Å². The molecule has 2 rings (SSSR count). The number of nitrogens with one attached hydrogen (secondary N) is 1. The normalized spacial score (nSPS) is 10.9. The van der Waals surface area contributed by atoms with Gasteiger partial charge in [-0.2, -0.15) is 5.10 Å². The van der Waals surface area contributed by atoms with Gasteiger partial charge in [-0.3, -0.25) is 0 Å². The highest BCUT2D eigenvalue weighted by molar-refractivity contribution is 5.33. The van der Waals surface area contributed by atoms with Crippen molar-refractivity contribution in [1.29, 1.82) is 0 Å². The molecule has 1 N–H and O–H groups in total. The molecule has 0 aliphatic carbocycles. The van der Waals surface area contributed by atoms with Crippen molar-refractivity contribution in [3.63, 3.8) is 0 Å². The third kappa shape index (κ3) is 4.37. The van der Waals surface area contributed by atoms with E-state index < -0.39 is 0 Å². The zero-order valence-corrected chi connectivity index (χ0v) is 11.4. The largest absolute Gasteiger partial charge is 0.491 e. The summed E-state index contributed by atoms with van der Waals surface area (Å²) in [5.41, 5.74) is 1.18. The van der Waals surface area contributed by atoms with E-state index in [0.29, 0.717) is 19.2 Å². The van der Waals surface area contributed by atoms with Gasteiger partial charge in [-0.05, 0) is 6.07 Å². The number of nitrogens with zero attached hydrogens (tertiary/aromatic N) is 3. The minimum Gasteiger partial charge on any atom is -0.491 e. The summed E-state index contributed by atoms with van der Waals surface area (Å²) in [7, 11) is 0. The maximum atomic E-state index is 5.81. The van der Waals surface area contributed by atoms with E-state index in [1.54, 1.807) is 11.0 Å². The Labute approximate surface area is 113 Å². The number of hydrogen-bond acceptors (Lipinski definition) is 4. The van der Waals surface area contributed by atoms with Gasteiger partial charge in [0.1, 0.15) is 25.0 Å². The fourth-order valence-corrected chi connectivity index (χ4v) is 1.70. The van der Waals surface area contributed by atoms with Crippen LogP contribution in [-0.2, 0) is 13.1 Å². The van der Waals surface area contributed by atoms with E-state index in [4.69, 9.17) is 4.74 Å². The van der Waals surface area contributed by atoms with Crippen LogP contribution in [0.4, 0.5) is 0 Å². The number of aromatic nitrogens is 3. The first-order valence-electron chi connectivity index (χ1n) is 6.52. The second-order valence-corrected chi connectivity index (χ2v) is 4.65. The van der Waals surface area contributed by atoms with E-state index in [9.17, 15) is 0 Å². The van der Waals surface area contributed by atoms with Crippen molar-refractivity contribution in [2.24, 2.45) is 0 Å². The zero-order valence-electron chi connectivity index (χ0n) is 11.4. The van der Waals surface area contributed by atoms with Gasteiger partial charge in [0, 0.05) is 18.2 Å². The average Bonchev–Trinajstić information content (AvgIpc) is 2.91. The molecule has 0 atom stereocenters. The molecule has 1 aromatic carbocycles. The van der Waals surface area contributed by atoms with Gasteiger partial charge in [0.05, 0.1) is 6.54 Å². The molecule has 0 bridgehead atoms. The number of benzene rings is 1. The molecule has 0 aliphatic rings. The topological polar surface area (TPSA) is 52.0 Å². The van der Waals surface area contributed by atoms with E-state index in [1.807, 2.05) is 18.2 Å². The maximum Gasteiger partial charge on any atom is 0.137 e. The van der Waals surface area contributed by atoms with Gasteiger partial charge < -0.3 is 10.1 Å². The highest BCUT2D eigenvalue weighted by Crippen LogP contribution is 2.17. The maximum absolute atomic E-state index is 5.81. The summed E-state index contributed by atoms with van der Waals surface area (Å²) in [5, 5.41) is 7.44. The molecule has 102 valence electrons. The average molecular weight is 260 g/mol. The van der Waals surface area contributed by atoms with Crippen molar-refractivity contribution >= 4 is 0 Å². The third-order valence-corrected chi connectivity index (χ3v) is 2.72. The molecule has 0 saturated carbocycles. The van der Waals surface area contributed by atoms with E-state index in [2.05, 4.69) is 35.3 Å². The van der Waals surface area contributed by atoms with Gasteiger partial charge in [-0.25, -0.2) is 9.67 Å². The van der Waals surface area contributed by atoms with Crippen molar-refractivity contribution < 1.29 is 4.74 Å². The molecule has 0 aliphatic heterocycles. The third-order valence-electron chi connectivity index (χ3n) is 2.72. The van der Waals surface area contributed by atoms with Crippen LogP contribution in [0.25, 0.3) is 0 Å². The molecule has 0 fully saturated rings. The van der Waals surface area contributed by atoms with Crippen LogP contribution in [0.2, 0.25) is 0 Å². The Kier molecular flexibility index (Phi) is 4.92. The van der Waals surface area contributed by atoms with Gasteiger partial charge in [-0.1, -0.05) is 32.0 Å². The predicted octanol–water partition coefficient (Wildman–Crippen LogP) is 1.86. The van der Waals surface area contributed by atoms with Gasteiger partial charge in [0.25, 0.3) is 0 Å². The van der Waals surface area contributed by atoms with Crippen LogP contribution < -0.4 is 10.1 Å². The summed E-state index contributed by atoms with van der Waals surface area (Å²) in [4.78, 5) is 3.90. The SMILES string of the molecule is CC(C)NCc1ccccc1OCCn1cncn1. The first-order valence-corrected chi connectivity index (χ1v) is 6.52. The molecule has 0 spiro atoms. The quantitative estimate of drug-likeness (QED) is 0.825. The molecule has 1 heterocycles. The minimum atomic E-state index is 0.461. The summed E-state index contributed by atoms with van der Waals surface area (Å²) in [6.07, 6.45) is 3.22. The number of hydrogen-bond donors (Lipinski definition) is 1. The molecule has 5 nitrogen and oxygen atoms in total. The molecular weight excluding hydrogens is 240 g/mol. The van der Waals surface area contributed by atoms with Crippen LogP contribution in [0.5, 0.6) is 5.75 Å². The Balaban J connectivity index is 1.88. The predicted molar refractivity (Wildman–Crippen MR) is 73.9 cm³/mol. The van der Waals surface area contributed by atoms with Crippen molar-refractivity contribution in [3.05, 3.63) is 42.5 Å². The van der Waals surface area contributed by atoms with E-state index >= 15 is 0 Å². The molecule has 1 aromatic heterocycles. The van der Waals surface area contributed by atoms with Gasteiger partial charge in [0.15, 0.2) is 0 Å². The lowest BCUT2D eigenvalue weighted by Gasteiger charge is -2.13. The van der Waals surface area contributed by atoms with Crippen LogP contribution >= 0.6 is 0 Å². The molecule has 0 unspecified atom stereocenters. The number of ether oxygens (including phenoxy) is 1. The Morgan fingerprint density at radius 2 is 2.16 bits per heavy atom. The van der Waals surface area contributed by atoms with Crippen LogP contribution in [0.3, 0.4) is 0 Å². The van der Waals surface area contributed by atoms with Crippen LogP contribution in [-0.4, -0.2) is 27.4 Å². The monoisotopic (exact) mass is 260 g/mol. The summed E-state index contributed by atoms with van der Waals surface area (Å²) < 4.78 is 7.57. The smallest absolute Gasteiger partial charge is 0.137 e. The van der Waals surface area contributed by atoms with Gasteiger partial charge in [-0.15, -0.1) is 0 Å². The molecular formula is C14H20N4O. The highest BCUT2D eigenvalue weighted by atomic mass is 16.5. The fourth-order valence-electron chi connectivity index (χ4n) is 1.70. The number of rotatable bonds is 7. The zero-order chi connectivity index (χ0) is 13.5. The highest BCUT2D eigenvalue weighted by Gasteiger charge is 2.03. The Bertz CT molecular complexity index is 482. The van der Waals surface area contributed by atoms with Crippen molar-refractivity contribution in [3.8, 4) is 5.75 Å². The first kappa shape index (κ1) is 13.5. The Hall–Kier alpha value is -1.88. The molecule has 2 aromatic rings. The second kappa shape index (κ2) is 6.89. The standard InChI is InChI=1S/C14H20N4O/c1-12(2)16-9-13-5-3-4-6-14(13)19-8-7-18-11-15-10-17-18/h3-6,10-12,16H,7-9H2,1-2H3. The summed E-state index contributed by atoms with van der Waals surface area (Å²) in [6.45, 7) is 6.37.